The van der Waals surface area contributed by atoms with Gasteiger partial charge in [0.2, 0.25) is 0 Å². The van der Waals surface area contributed by atoms with Gasteiger partial charge in [-0.1, -0.05) is 6.92 Å². The number of aryl methyl sites for hydroxylation is 1. The van der Waals surface area contributed by atoms with Gasteiger partial charge in [-0.25, -0.2) is 9.78 Å². The molecule has 1 atom stereocenters. The highest BCUT2D eigenvalue weighted by Crippen LogP contribution is 2.02. The lowest BCUT2D eigenvalue weighted by atomic mass is 10.3. The highest BCUT2D eigenvalue weighted by Gasteiger charge is 2.13. The number of H-pyrrole nitrogens is 1. The molecule has 0 saturated carbocycles. The van der Waals surface area contributed by atoms with Crippen LogP contribution in [0.3, 0.4) is 0 Å². The van der Waals surface area contributed by atoms with Gasteiger partial charge in [-0.3, -0.25) is 4.79 Å². The van der Waals surface area contributed by atoms with Crippen LogP contribution in [0.15, 0.2) is 10.9 Å². The van der Waals surface area contributed by atoms with Crippen molar-refractivity contribution in [2.75, 3.05) is 12.4 Å². The Bertz CT molecular complexity index is 428. The minimum absolute atomic E-state index is 0.244. The molecule has 6 nitrogen and oxygen atoms in total. The number of anilines is 1. The van der Waals surface area contributed by atoms with E-state index in [4.69, 9.17) is 0 Å². The number of nitrogens with one attached hydrogen (secondary N) is 2. The van der Waals surface area contributed by atoms with E-state index in [1.807, 2.05) is 6.92 Å². The summed E-state index contributed by atoms with van der Waals surface area (Å²) in [6, 6.07) is 0.766. The number of aromatic amines is 1. The molecule has 0 aromatic carbocycles. The van der Waals surface area contributed by atoms with Gasteiger partial charge < -0.3 is 15.0 Å². The summed E-state index contributed by atoms with van der Waals surface area (Å²) in [5, 5.41) is 2.80. The summed E-state index contributed by atoms with van der Waals surface area (Å²) < 4.78 is 4.56. The second-order valence-corrected chi connectivity index (χ2v) is 3.32. The lowest BCUT2D eigenvalue weighted by Crippen LogP contribution is -2.28. The van der Waals surface area contributed by atoms with Crippen LogP contribution in [0, 0.1) is 0 Å². The average molecular weight is 225 g/mol. The van der Waals surface area contributed by atoms with Crippen molar-refractivity contribution in [2.45, 2.75) is 26.3 Å². The van der Waals surface area contributed by atoms with E-state index in [1.165, 1.54) is 13.2 Å². The van der Waals surface area contributed by atoms with E-state index in [2.05, 4.69) is 20.0 Å². The first-order chi connectivity index (χ1) is 7.56. The molecular formula is C10H15N3O3. The fourth-order valence-electron chi connectivity index (χ4n) is 1.21. The zero-order chi connectivity index (χ0) is 12.1. The molecular weight excluding hydrogens is 210 g/mol. The van der Waals surface area contributed by atoms with E-state index in [9.17, 15) is 9.59 Å². The summed E-state index contributed by atoms with van der Waals surface area (Å²) in [5.74, 6) is 0.547. The number of aromatic nitrogens is 2. The molecule has 16 heavy (non-hydrogen) atoms. The lowest BCUT2D eigenvalue weighted by molar-refractivity contribution is -0.141. The Kier molecular flexibility index (Phi) is 4.04. The number of ether oxygens (including phenoxy) is 1. The first kappa shape index (κ1) is 12.2. The van der Waals surface area contributed by atoms with Gasteiger partial charge >= 0.3 is 5.97 Å². The van der Waals surface area contributed by atoms with Crippen molar-refractivity contribution in [3.63, 3.8) is 0 Å². The van der Waals surface area contributed by atoms with E-state index in [0.29, 0.717) is 18.1 Å². The van der Waals surface area contributed by atoms with Gasteiger partial charge in [-0.15, -0.1) is 0 Å². The van der Waals surface area contributed by atoms with Crippen molar-refractivity contribution in [3.8, 4) is 0 Å². The normalized spacial score (nSPS) is 11.9. The number of hydrogen-bond donors (Lipinski definition) is 2. The van der Waals surface area contributed by atoms with Crippen molar-refractivity contribution in [1.29, 1.82) is 0 Å². The van der Waals surface area contributed by atoms with Crippen LogP contribution < -0.4 is 10.9 Å². The van der Waals surface area contributed by atoms with Crippen LogP contribution in [0.1, 0.15) is 19.7 Å². The van der Waals surface area contributed by atoms with E-state index < -0.39 is 12.0 Å². The lowest BCUT2D eigenvalue weighted by Gasteiger charge is -2.12. The van der Waals surface area contributed by atoms with Gasteiger partial charge in [-0.2, -0.15) is 0 Å². The predicted octanol–water partition coefficient (Wildman–Crippen LogP) is 0.306. The Labute approximate surface area is 93.0 Å². The van der Waals surface area contributed by atoms with Crippen LogP contribution in [-0.2, 0) is 16.0 Å². The van der Waals surface area contributed by atoms with Gasteiger partial charge in [0.25, 0.3) is 5.56 Å². The van der Waals surface area contributed by atoms with E-state index in [-0.39, 0.29) is 5.56 Å². The molecule has 0 amide bonds. The molecule has 0 radical (unpaired) electrons. The zero-order valence-electron chi connectivity index (χ0n) is 9.53. The molecule has 2 N–H and O–H groups in total. The average Bonchev–Trinajstić information content (AvgIpc) is 2.26. The van der Waals surface area contributed by atoms with Crippen molar-refractivity contribution >= 4 is 11.8 Å². The Morgan fingerprint density at radius 1 is 1.69 bits per heavy atom. The Morgan fingerprint density at radius 2 is 2.38 bits per heavy atom. The van der Waals surface area contributed by atoms with E-state index >= 15 is 0 Å². The number of carbonyl (C=O) groups excluding carboxylic acids is 1. The number of esters is 1. The van der Waals surface area contributed by atoms with Crippen molar-refractivity contribution < 1.29 is 9.53 Å². The quantitative estimate of drug-likeness (QED) is 0.720. The maximum atomic E-state index is 11.2. The summed E-state index contributed by atoms with van der Waals surface area (Å²) >= 11 is 0. The molecule has 1 aromatic heterocycles. The van der Waals surface area contributed by atoms with Gasteiger partial charge in [-0.05, 0) is 6.92 Å². The Morgan fingerprint density at radius 3 is 2.94 bits per heavy atom. The first-order valence-electron chi connectivity index (χ1n) is 5.01. The summed E-state index contributed by atoms with van der Waals surface area (Å²) in [6.45, 7) is 3.52. The second-order valence-electron chi connectivity index (χ2n) is 3.32. The molecule has 0 aliphatic heterocycles. The van der Waals surface area contributed by atoms with Crippen LogP contribution in [0.25, 0.3) is 0 Å². The molecule has 0 fully saturated rings. The van der Waals surface area contributed by atoms with Crippen LogP contribution >= 0.6 is 0 Å². The van der Waals surface area contributed by atoms with Gasteiger partial charge in [0, 0.05) is 12.5 Å². The van der Waals surface area contributed by atoms with E-state index in [0.717, 1.165) is 0 Å². The topological polar surface area (TPSA) is 84.1 Å². The highest BCUT2D eigenvalue weighted by molar-refractivity contribution is 5.78. The second kappa shape index (κ2) is 5.29. The van der Waals surface area contributed by atoms with Gasteiger partial charge in [0.05, 0.1) is 7.11 Å². The Balaban J connectivity index is 2.85. The van der Waals surface area contributed by atoms with Crippen molar-refractivity contribution in [1.82, 2.24) is 9.97 Å². The monoisotopic (exact) mass is 225 g/mol. The molecule has 0 aliphatic rings. The molecule has 1 heterocycles. The maximum absolute atomic E-state index is 11.2. The molecule has 0 saturated heterocycles. The van der Waals surface area contributed by atoms with Crippen LogP contribution in [0.5, 0.6) is 0 Å². The molecule has 88 valence electrons. The minimum Gasteiger partial charge on any atom is -0.467 e. The molecule has 1 unspecified atom stereocenters. The van der Waals surface area contributed by atoms with Crippen LogP contribution in [-0.4, -0.2) is 29.1 Å². The van der Waals surface area contributed by atoms with Crippen LogP contribution in [0.2, 0.25) is 0 Å². The first-order valence-corrected chi connectivity index (χ1v) is 5.01. The highest BCUT2D eigenvalue weighted by atomic mass is 16.5. The summed E-state index contributed by atoms with van der Waals surface area (Å²) in [6.07, 6.45) is 0.622. The summed E-state index contributed by atoms with van der Waals surface area (Å²) in [5.41, 5.74) is -0.244. The molecule has 0 aliphatic carbocycles. The molecule has 0 spiro atoms. The third-order valence-electron chi connectivity index (χ3n) is 2.04. The summed E-state index contributed by atoms with van der Waals surface area (Å²) in [7, 11) is 1.31. The Hall–Kier alpha value is -1.85. The SMILES string of the molecule is CCc1nc(NC(C)C(=O)OC)cc(=O)[nH]1. The third-order valence-corrected chi connectivity index (χ3v) is 2.04. The fraction of sp³-hybridized carbons (Fsp3) is 0.500. The fourth-order valence-corrected chi connectivity index (χ4v) is 1.21. The molecule has 1 aromatic rings. The smallest absolute Gasteiger partial charge is 0.328 e. The maximum Gasteiger partial charge on any atom is 0.328 e. The third kappa shape index (κ3) is 3.08. The summed E-state index contributed by atoms with van der Waals surface area (Å²) in [4.78, 5) is 29.1. The molecule has 1 rings (SSSR count). The van der Waals surface area contributed by atoms with Crippen molar-refractivity contribution in [2.24, 2.45) is 0 Å². The number of methoxy groups -OCH3 is 1. The number of nitrogens with zero attached hydrogens (tertiary/aromatic N) is 1. The predicted molar refractivity (Wildman–Crippen MR) is 59.3 cm³/mol. The van der Waals surface area contributed by atoms with Crippen LogP contribution in [0.4, 0.5) is 5.82 Å². The van der Waals surface area contributed by atoms with Crippen molar-refractivity contribution in [3.05, 3.63) is 22.2 Å². The number of hydrogen-bond acceptors (Lipinski definition) is 5. The molecule has 0 bridgehead atoms. The minimum atomic E-state index is -0.538. The number of carbonyl (C=O) groups is 1. The van der Waals surface area contributed by atoms with Gasteiger partial charge in [0.1, 0.15) is 17.7 Å². The molecule has 6 heteroatoms. The zero-order valence-corrected chi connectivity index (χ0v) is 9.53. The largest absolute Gasteiger partial charge is 0.467 e. The van der Waals surface area contributed by atoms with E-state index in [1.54, 1.807) is 6.92 Å². The standard InChI is InChI=1S/C10H15N3O3/c1-4-7-12-8(5-9(14)13-7)11-6(2)10(15)16-3/h5-6H,4H2,1-3H3,(H2,11,12,13,14). The number of rotatable bonds is 4. The van der Waals surface area contributed by atoms with Gasteiger partial charge in [0.15, 0.2) is 0 Å².